The second kappa shape index (κ2) is 12.2. The molecule has 2 aromatic heterocycles. The summed E-state index contributed by atoms with van der Waals surface area (Å²) in [5.41, 5.74) is 1.18. The summed E-state index contributed by atoms with van der Waals surface area (Å²) in [6.07, 6.45) is 5.09. The Balaban J connectivity index is 1.18. The van der Waals surface area contributed by atoms with Crippen LogP contribution in [0.1, 0.15) is 46.5 Å². The molecule has 5 rings (SSSR count). The molecule has 10 nitrogen and oxygen atoms in total. The van der Waals surface area contributed by atoms with E-state index in [0.29, 0.717) is 6.61 Å². The zero-order valence-corrected chi connectivity index (χ0v) is 23.1. The topological polar surface area (TPSA) is 99.5 Å². The van der Waals surface area contributed by atoms with Crippen LogP contribution < -0.4 is 14.8 Å². The third-order valence-electron chi connectivity index (χ3n) is 6.95. The van der Waals surface area contributed by atoms with Crippen molar-refractivity contribution in [2.75, 3.05) is 39.5 Å². The second-order valence-corrected chi connectivity index (χ2v) is 11.2. The van der Waals surface area contributed by atoms with E-state index in [-0.39, 0.29) is 18.2 Å². The molecule has 39 heavy (non-hydrogen) atoms. The third-order valence-corrected chi connectivity index (χ3v) is 6.95. The van der Waals surface area contributed by atoms with Crippen LogP contribution in [0.15, 0.2) is 42.6 Å². The Morgan fingerprint density at radius 1 is 1.05 bits per heavy atom. The van der Waals surface area contributed by atoms with Crippen molar-refractivity contribution >= 4 is 11.7 Å². The Morgan fingerprint density at radius 2 is 1.85 bits per heavy atom. The molecule has 2 aliphatic rings. The van der Waals surface area contributed by atoms with E-state index in [0.717, 1.165) is 87.1 Å². The van der Waals surface area contributed by atoms with Crippen molar-refractivity contribution in [3.8, 4) is 22.9 Å². The molecule has 0 unspecified atom stereocenters. The van der Waals surface area contributed by atoms with Crippen LogP contribution in [0.4, 0.5) is 4.79 Å². The van der Waals surface area contributed by atoms with Crippen LogP contribution in [0.2, 0.25) is 0 Å². The van der Waals surface area contributed by atoms with Crippen LogP contribution in [0.3, 0.4) is 0 Å². The Labute approximate surface area is 229 Å². The van der Waals surface area contributed by atoms with E-state index in [4.69, 9.17) is 18.9 Å². The van der Waals surface area contributed by atoms with E-state index >= 15 is 0 Å². The van der Waals surface area contributed by atoms with Gasteiger partial charge in [0.2, 0.25) is 0 Å². The Hall–Kier alpha value is -3.37. The smallest absolute Gasteiger partial charge is 0.407 e. The van der Waals surface area contributed by atoms with Crippen LogP contribution in [-0.4, -0.2) is 82.8 Å². The lowest BCUT2D eigenvalue weighted by Gasteiger charge is -2.30. The van der Waals surface area contributed by atoms with Gasteiger partial charge in [-0.2, -0.15) is 0 Å². The fourth-order valence-electron chi connectivity index (χ4n) is 4.97. The maximum Gasteiger partial charge on any atom is 0.407 e. The SMILES string of the molecule is CC(C)(C)OC(=O)NC1CCC(Oc2ccc3nnc(-c4cccc(OCCN5CCOCC5)c4)n3c2)CC1. The van der Waals surface area contributed by atoms with Gasteiger partial charge >= 0.3 is 6.09 Å². The first-order valence-corrected chi connectivity index (χ1v) is 13.9. The highest BCUT2D eigenvalue weighted by Gasteiger charge is 2.26. The number of rotatable bonds is 8. The van der Waals surface area contributed by atoms with Gasteiger partial charge in [0, 0.05) is 31.2 Å². The number of morpholine rings is 1. The summed E-state index contributed by atoms with van der Waals surface area (Å²) in [7, 11) is 0. The molecule has 210 valence electrons. The van der Waals surface area contributed by atoms with E-state index in [1.54, 1.807) is 0 Å². The van der Waals surface area contributed by atoms with Crippen molar-refractivity contribution in [1.82, 2.24) is 24.8 Å². The zero-order valence-electron chi connectivity index (χ0n) is 23.1. The van der Waals surface area contributed by atoms with Crippen molar-refractivity contribution < 1.29 is 23.7 Å². The summed E-state index contributed by atoms with van der Waals surface area (Å²) < 4.78 is 25.1. The number of aromatic nitrogens is 3. The highest BCUT2D eigenvalue weighted by molar-refractivity contribution is 5.68. The van der Waals surface area contributed by atoms with Gasteiger partial charge in [-0.15, -0.1) is 10.2 Å². The van der Waals surface area contributed by atoms with Crippen molar-refractivity contribution in [3.63, 3.8) is 0 Å². The summed E-state index contributed by atoms with van der Waals surface area (Å²) >= 11 is 0. The molecule has 1 saturated carbocycles. The number of amides is 1. The lowest BCUT2D eigenvalue weighted by Crippen LogP contribution is -2.42. The number of carbonyl (C=O) groups excluding carboxylic acids is 1. The van der Waals surface area contributed by atoms with Crippen LogP contribution in [0, 0.1) is 0 Å². The molecular formula is C29H39N5O5. The van der Waals surface area contributed by atoms with Crippen LogP contribution in [0.25, 0.3) is 17.0 Å². The van der Waals surface area contributed by atoms with Gasteiger partial charge in [-0.05, 0) is 70.7 Å². The van der Waals surface area contributed by atoms with Gasteiger partial charge < -0.3 is 24.3 Å². The first kappa shape index (κ1) is 27.2. The summed E-state index contributed by atoms with van der Waals surface area (Å²) in [6, 6.07) is 11.9. The van der Waals surface area contributed by atoms with Gasteiger partial charge in [0.25, 0.3) is 0 Å². The largest absolute Gasteiger partial charge is 0.492 e. The highest BCUT2D eigenvalue weighted by atomic mass is 16.6. The third kappa shape index (κ3) is 7.60. The molecule has 3 aromatic rings. The molecule has 10 heteroatoms. The molecule has 1 N–H and O–H groups in total. The molecule has 1 aliphatic carbocycles. The van der Waals surface area contributed by atoms with Crippen molar-refractivity contribution in [1.29, 1.82) is 0 Å². The zero-order chi connectivity index (χ0) is 27.2. The second-order valence-electron chi connectivity index (χ2n) is 11.2. The van der Waals surface area contributed by atoms with Gasteiger partial charge in [-0.1, -0.05) is 12.1 Å². The molecule has 0 spiro atoms. The maximum atomic E-state index is 12.1. The Bertz CT molecular complexity index is 1240. The maximum absolute atomic E-state index is 12.1. The monoisotopic (exact) mass is 537 g/mol. The van der Waals surface area contributed by atoms with Crippen molar-refractivity contribution in [3.05, 3.63) is 42.6 Å². The minimum atomic E-state index is -0.499. The van der Waals surface area contributed by atoms with Crippen LogP contribution >= 0.6 is 0 Å². The minimum absolute atomic E-state index is 0.0854. The molecule has 2 fully saturated rings. The lowest BCUT2D eigenvalue weighted by molar-refractivity contribution is 0.0322. The highest BCUT2D eigenvalue weighted by Crippen LogP contribution is 2.27. The number of carbonyl (C=O) groups is 1. The number of hydrogen-bond acceptors (Lipinski definition) is 8. The summed E-state index contributed by atoms with van der Waals surface area (Å²) in [4.78, 5) is 14.4. The van der Waals surface area contributed by atoms with Crippen LogP contribution in [0.5, 0.6) is 11.5 Å². The number of fused-ring (bicyclic) bond motifs is 1. The van der Waals surface area contributed by atoms with E-state index in [2.05, 4.69) is 20.4 Å². The number of benzene rings is 1. The van der Waals surface area contributed by atoms with Gasteiger partial charge in [0.05, 0.1) is 25.5 Å². The molecule has 0 radical (unpaired) electrons. The molecule has 0 bridgehead atoms. The number of pyridine rings is 1. The van der Waals surface area contributed by atoms with Crippen LogP contribution in [-0.2, 0) is 9.47 Å². The van der Waals surface area contributed by atoms with E-state index in [9.17, 15) is 4.79 Å². The van der Waals surface area contributed by atoms with Gasteiger partial charge in [-0.3, -0.25) is 9.30 Å². The molecular weight excluding hydrogens is 498 g/mol. The fourth-order valence-corrected chi connectivity index (χ4v) is 4.97. The summed E-state index contributed by atoms with van der Waals surface area (Å²) in [5.74, 6) is 2.31. The fraction of sp³-hybridized carbons (Fsp3) is 0.552. The standard InChI is InChI=1S/C29H39N5O5/c1-29(2,3)39-28(35)30-22-7-9-23(10-8-22)38-25-11-12-26-31-32-27(34(26)20-25)21-5-4-6-24(19-21)37-18-15-33-13-16-36-17-14-33/h4-6,11-12,19-20,22-23H,7-10,13-18H2,1-3H3,(H,30,35). The number of alkyl carbamates (subject to hydrolysis) is 1. The van der Waals surface area contributed by atoms with Gasteiger partial charge in [0.15, 0.2) is 11.5 Å². The van der Waals surface area contributed by atoms with Crippen molar-refractivity contribution in [2.24, 2.45) is 0 Å². The predicted molar refractivity (Wildman–Crippen MR) is 147 cm³/mol. The van der Waals surface area contributed by atoms with Gasteiger partial charge in [-0.25, -0.2) is 4.79 Å². The van der Waals surface area contributed by atoms with Gasteiger partial charge in [0.1, 0.15) is 23.7 Å². The molecule has 1 saturated heterocycles. The quantitative estimate of drug-likeness (QED) is 0.454. The molecule has 0 atom stereocenters. The lowest BCUT2D eigenvalue weighted by atomic mass is 9.93. The van der Waals surface area contributed by atoms with E-state index in [1.165, 1.54) is 0 Å². The molecule has 1 amide bonds. The molecule has 3 heterocycles. The average Bonchev–Trinajstić information content (AvgIpc) is 3.33. The Morgan fingerprint density at radius 3 is 2.62 bits per heavy atom. The summed E-state index contributed by atoms with van der Waals surface area (Å²) in [6.45, 7) is 10.6. The average molecular weight is 538 g/mol. The molecule has 1 aliphatic heterocycles. The number of hydrogen-bond donors (Lipinski definition) is 1. The first-order valence-electron chi connectivity index (χ1n) is 13.9. The normalized spacial score (nSPS) is 20.5. The van der Waals surface area contributed by atoms with E-state index < -0.39 is 5.60 Å². The summed E-state index contributed by atoms with van der Waals surface area (Å²) in [5, 5.41) is 11.8. The Kier molecular flexibility index (Phi) is 8.52. The number of ether oxygens (including phenoxy) is 4. The van der Waals surface area contributed by atoms with Crippen molar-refractivity contribution in [2.45, 2.75) is 64.2 Å². The minimum Gasteiger partial charge on any atom is -0.492 e. The van der Waals surface area contributed by atoms with E-state index in [1.807, 2.05) is 67.8 Å². The number of nitrogens with zero attached hydrogens (tertiary/aromatic N) is 4. The predicted octanol–water partition coefficient (Wildman–Crippen LogP) is 4.32. The number of nitrogens with one attached hydrogen (secondary N) is 1. The molecule has 1 aromatic carbocycles. The first-order chi connectivity index (χ1) is 18.8.